The van der Waals surface area contributed by atoms with Gasteiger partial charge in [-0.15, -0.1) is 6.58 Å². The summed E-state index contributed by atoms with van der Waals surface area (Å²) >= 11 is 0. The smallest absolute Gasteiger partial charge is 0.0753 e. The third-order valence-corrected chi connectivity index (χ3v) is 3.84. The number of hydrogen-bond acceptors (Lipinski definition) is 2. The molecule has 100 valence electrons. The molecular weight excluding hydrogens is 210 g/mol. The third-order valence-electron chi connectivity index (χ3n) is 3.84. The molecule has 0 amide bonds. The van der Waals surface area contributed by atoms with Crippen LogP contribution in [0.5, 0.6) is 0 Å². The van der Waals surface area contributed by atoms with Gasteiger partial charge in [0.25, 0.3) is 0 Å². The Kier molecular flexibility index (Phi) is 7.54. The highest BCUT2D eigenvalue weighted by atomic mass is 16.5. The summed E-state index contributed by atoms with van der Waals surface area (Å²) in [5.74, 6) is 0.697. The van der Waals surface area contributed by atoms with Crippen molar-refractivity contribution in [3.05, 3.63) is 12.7 Å². The van der Waals surface area contributed by atoms with Crippen LogP contribution in [0, 0.1) is 5.92 Å². The van der Waals surface area contributed by atoms with Crippen molar-refractivity contribution in [3.8, 4) is 0 Å². The molecule has 2 heteroatoms. The van der Waals surface area contributed by atoms with E-state index < -0.39 is 0 Å². The highest BCUT2D eigenvalue weighted by Gasteiger charge is 2.28. The van der Waals surface area contributed by atoms with Crippen molar-refractivity contribution in [1.82, 2.24) is 0 Å². The lowest BCUT2D eigenvalue weighted by Gasteiger charge is -2.34. The first-order valence-corrected chi connectivity index (χ1v) is 7.27. The van der Waals surface area contributed by atoms with Crippen LogP contribution >= 0.6 is 0 Å². The molecule has 2 unspecified atom stereocenters. The molecular formula is C15H29NO. The van der Waals surface area contributed by atoms with Crippen LogP contribution in [0.4, 0.5) is 0 Å². The van der Waals surface area contributed by atoms with Crippen LogP contribution in [0.25, 0.3) is 0 Å². The van der Waals surface area contributed by atoms with Gasteiger partial charge in [0.15, 0.2) is 0 Å². The second-order valence-corrected chi connectivity index (χ2v) is 5.20. The van der Waals surface area contributed by atoms with Gasteiger partial charge in [-0.1, -0.05) is 25.3 Å². The zero-order valence-electron chi connectivity index (χ0n) is 11.4. The summed E-state index contributed by atoms with van der Waals surface area (Å²) in [5, 5.41) is 0. The first kappa shape index (κ1) is 14.7. The molecule has 2 atom stereocenters. The molecule has 2 nitrogen and oxygen atoms in total. The SMILES string of the molecule is C=CCCCC(N)C(OCC)C1CCCCC1. The summed E-state index contributed by atoms with van der Waals surface area (Å²) in [6, 6.07) is 0.206. The van der Waals surface area contributed by atoms with E-state index in [1.807, 2.05) is 6.08 Å². The van der Waals surface area contributed by atoms with Crippen molar-refractivity contribution in [2.75, 3.05) is 6.61 Å². The lowest BCUT2D eigenvalue weighted by molar-refractivity contribution is -0.0111. The fraction of sp³-hybridized carbons (Fsp3) is 0.867. The molecule has 0 radical (unpaired) electrons. The highest BCUT2D eigenvalue weighted by Crippen LogP contribution is 2.30. The second-order valence-electron chi connectivity index (χ2n) is 5.20. The van der Waals surface area contributed by atoms with Gasteiger partial charge in [-0.25, -0.2) is 0 Å². The lowest BCUT2D eigenvalue weighted by Crippen LogP contribution is -2.42. The number of unbranched alkanes of at least 4 members (excludes halogenated alkanes) is 1. The first-order chi connectivity index (χ1) is 8.29. The minimum Gasteiger partial charge on any atom is -0.377 e. The highest BCUT2D eigenvalue weighted by molar-refractivity contribution is 4.83. The van der Waals surface area contributed by atoms with Crippen molar-refractivity contribution in [2.24, 2.45) is 11.7 Å². The molecule has 2 N–H and O–H groups in total. The van der Waals surface area contributed by atoms with Gasteiger partial charge in [-0.05, 0) is 44.9 Å². The van der Waals surface area contributed by atoms with E-state index in [-0.39, 0.29) is 12.1 Å². The molecule has 0 bridgehead atoms. The Hall–Kier alpha value is -0.340. The minimum atomic E-state index is 0.206. The average molecular weight is 239 g/mol. The Bertz CT molecular complexity index is 199. The molecule has 1 rings (SSSR count). The largest absolute Gasteiger partial charge is 0.377 e. The quantitative estimate of drug-likeness (QED) is 0.518. The van der Waals surface area contributed by atoms with E-state index in [2.05, 4.69) is 13.5 Å². The van der Waals surface area contributed by atoms with E-state index in [0.29, 0.717) is 5.92 Å². The maximum Gasteiger partial charge on any atom is 0.0753 e. The molecule has 1 aliphatic rings. The van der Waals surface area contributed by atoms with Crippen molar-refractivity contribution >= 4 is 0 Å². The number of rotatable bonds is 8. The van der Waals surface area contributed by atoms with E-state index in [9.17, 15) is 0 Å². The van der Waals surface area contributed by atoms with Crippen LogP contribution in [-0.2, 0) is 4.74 Å². The van der Waals surface area contributed by atoms with Gasteiger partial charge in [0.05, 0.1) is 6.10 Å². The maximum absolute atomic E-state index is 6.32. The number of hydrogen-bond donors (Lipinski definition) is 1. The van der Waals surface area contributed by atoms with E-state index in [1.54, 1.807) is 0 Å². The van der Waals surface area contributed by atoms with Crippen LogP contribution in [0.1, 0.15) is 58.3 Å². The Morgan fingerprint density at radius 1 is 1.35 bits per heavy atom. The van der Waals surface area contributed by atoms with Crippen LogP contribution in [0.15, 0.2) is 12.7 Å². The lowest BCUT2D eigenvalue weighted by atomic mass is 9.81. The zero-order valence-corrected chi connectivity index (χ0v) is 11.4. The van der Waals surface area contributed by atoms with Crippen LogP contribution in [0.2, 0.25) is 0 Å². The molecule has 1 fully saturated rings. The van der Waals surface area contributed by atoms with Crippen molar-refractivity contribution in [1.29, 1.82) is 0 Å². The number of allylic oxidation sites excluding steroid dienone is 1. The van der Waals surface area contributed by atoms with Crippen LogP contribution in [-0.4, -0.2) is 18.8 Å². The molecule has 0 aliphatic heterocycles. The van der Waals surface area contributed by atoms with Crippen molar-refractivity contribution < 1.29 is 4.74 Å². The van der Waals surface area contributed by atoms with E-state index in [4.69, 9.17) is 10.5 Å². The van der Waals surface area contributed by atoms with E-state index in [0.717, 1.165) is 25.9 Å². The molecule has 1 aliphatic carbocycles. The number of nitrogens with two attached hydrogens (primary N) is 1. The third kappa shape index (κ3) is 5.22. The average Bonchev–Trinajstić information content (AvgIpc) is 2.37. The summed E-state index contributed by atoms with van der Waals surface area (Å²) in [5.41, 5.74) is 6.32. The molecule has 0 heterocycles. The first-order valence-electron chi connectivity index (χ1n) is 7.27. The van der Waals surface area contributed by atoms with Gasteiger partial charge >= 0.3 is 0 Å². The topological polar surface area (TPSA) is 35.2 Å². The fourth-order valence-corrected chi connectivity index (χ4v) is 2.93. The summed E-state index contributed by atoms with van der Waals surface area (Å²) in [4.78, 5) is 0. The van der Waals surface area contributed by atoms with Crippen LogP contribution in [0.3, 0.4) is 0 Å². The summed E-state index contributed by atoms with van der Waals surface area (Å²) in [6.45, 7) is 6.62. The fourth-order valence-electron chi connectivity index (χ4n) is 2.93. The van der Waals surface area contributed by atoms with E-state index in [1.165, 1.54) is 32.1 Å². The van der Waals surface area contributed by atoms with Crippen LogP contribution < -0.4 is 5.73 Å². The molecule has 0 aromatic rings. The Morgan fingerprint density at radius 2 is 2.06 bits per heavy atom. The summed E-state index contributed by atoms with van der Waals surface area (Å²) < 4.78 is 5.92. The summed E-state index contributed by atoms with van der Waals surface area (Å²) in [6.07, 6.45) is 12.2. The predicted molar refractivity (Wildman–Crippen MR) is 74.0 cm³/mol. The van der Waals surface area contributed by atoms with E-state index >= 15 is 0 Å². The Morgan fingerprint density at radius 3 is 2.65 bits per heavy atom. The monoisotopic (exact) mass is 239 g/mol. The number of ether oxygens (including phenoxy) is 1. The van der Waals surface area contributed by atoms with Crippen molar-refractivity contribution in [2.45, 2.75) is 70.4 Å². The van der Waals surface area contributed by atoms with Gasteiger partial charge in [0, 0.05) is 12.6 Å². The molecule has 0 aromatic heterocycles. The second kappa shape index (κ2) is 8.71. The standard InChI is InChI=1S/C15H29NO/c1-3-5-7-12-14(16)15(17-4-2)13-10-8-6-9-11-13/h3,13-15H,1,4-12,16H2,2H3. The van der Waals surface area contributed by atoms with Gasteiger partial charge in [0.1, 0.15) is 0 Å². The van der Waals surface area contributed by atoms with Gasteiger partial charge < -0.3 is 10.5 Å². The molecule has 1 saturated carbocycles. The molecule has 17 heavy (non-hydrogen) atoms. The van der Waals surface area contributed by atoms with Gasteiger partial charge in [-0.3, -0.25) is 0 Å². The predicted octanol–water partition coefficient (Wildman–Crippen LogP) is 3.66. The van der Waals surface area contributed by atoms with Gasteiger partial charge in [-0.2, -0.15) is 0 Å². The normalized spacial score (nSPS) is 21.1. The molecule has 0 spiro atoms. The zero-order chi connectivity index (χ0) is 12.5. The minimum absolute atomic E-state index is 0.206. The van der Waals surface area contributed by atoms with Crippen molar-refractivity contribution in [3.63, 3.8) is 0 Å². The Labute approximate surface area is 107 Å². The summed E-state index contributed by atoms with van der Waals surface area (Å²) in [7, 11) is 0. The Balaban J connectivity index is 2.41. The van der Waals surface area contributed by atoms with Gasteiger partial charge in [0.2, 0.25) is 0 Å². The molecule has 0 saturated heterocycles. The maximum atomic E-state index is 6.32. The molecule has 0 aromatic carbocycles.